The largest absolute Gasteiger partial charge is 0.483 e. The molecule has 4 nitrogen and oxygen atoms in total. The third-order valence-corrected chi connectivity index (χ3v) is 1.16. The summed E-state index contributed by atoms with van der Waals surface area (Å²) in [7, 11) is 0. The van der Waals surface area contributed by atoms with Gasteiger partial charge in [0.2, 0.25) is 5.88 Å². The molecule has 1 aromatic heterocycles. The van der Waals surface area contributed by atoms with E-state index in [1.165, 1.54) is 12.7 Å². The van der Waals surface area contributed by atoms with Gasteiger partial charge in [0.25, 0.3) is 5.69 Å². The molecular weight excluding hydrogens is 156 g/mol. The van der Waals surface area contributed by atoms with Gasteiger partial charge in [0, 0.05) is 0 Å². The molecule has 0 fully saturated rings. The molecule has 0 aliphatic carbocycles. The first kappa shape index (κ1) is 8.34. The van der Waals surface area contributed by atoms with Crippen molar-refractivity contribution in [2.24, 2.45) is 4.99 Å². The van der Waals surface area contributed by atoms with E-state index in [4.69, 9.17) is 15.7 Å². The Balaban J connectivity index is 2.69. The summed E-state index contributed by atoms with van der Waals surface area (Å²) in [6, 6.07) is 1.56. The van der Waals surface area contributed by atoms with Crippen LogP contribution >= 0.6 is 0 Å². The summed E-state index contributed by atoms with van der Waals surface area (Å²) in [5.41, 5.74) is 0.394. The molecule has 1 heterocycles. The zero-order valence-corrected chi connectivity index (χ0v) is 6.65. The molecule has 0 unspecified atom stereocenters. The van der Waals surface area contributed by atoms with Crippen molar-refractivity contribution in [1.82, 2.24) is 0 Å². The van der Waals surface area contributed by atoms with Gasteiger partial charge in [0.05, 0.1) is 19.4 Å². The van der Waals surface area contributed by atoms with Crippen LogP contribution in [0.15, 0.2) is 21.7 Å². The summed E-state index contributed by atoms with van der Waals surface area (Å²) in [4.78, 5) is 7.00. The van der Waals surface area contributed by atoms with Gasteiger partial charge in [-0.1, -0.05) is 0 Å². The fraction of sp³-hybridized carbons (Fsp3) is 0.250. The van der Waals surface area contributed by atoms with Crippen molar-refractivity contribution < 1.29 is 9.15 Å². The fourth-order valence-electron chi connectivity index (χ4n) is 0.636. The highest BCUT2D eigenvalue weighted by atomic mass is 16.5. The molecular formula is C8H8N2O2. The molecule has 4 heteroatoms. The number of rotatable bonds is 3. The Kier molecular flexibility index (Phi) is 2.91. The van der Waals surface area contributed by atoms with Gasteiger partial charge in [-0.2, -0.15) is 4.99 Å². The Labute approximate surface area is 70.3 Å². The van der Waals surface area contributed by atoms with E-state index < -0.39 is 0 Å². The second-order valence-electron chi connectivity index (χ2n) is 1.91. The first-order chi connectivity index (χ1) is 5.88. The highest BCUT2D eigenvalue weighted by molar-refractivity contribution is 5.65. The number of hydrogen-bond acceptors (Lipinski definition) is 3. The zero-order chi connectivity index (χ0) is 8.81. The molecule has 0 aromatic carbocycles. The van der Waals surface area contributed by atoms with E-state index in [1.54, 1.807) is 6.07 Å². The van der Waals surface area contributed by atoms with Crippen molar-refractivity contribution in [3.63, 3.8) is 0 Å². The van der Waals surface area contributed by atoms with Crippen LogP contribution in [0.5, 0.6) is 0 Å². The second kappa shape index (κ2) is 4.19. The van der Waals surface area contributed by atoms with Gasteiger partial charge in [-0.3, -0.25) is 0 Å². The van der Waals surface area contributed by atoms with Crippen LogP contribution in [0.25, 0.3) is 4.85 Å². The molecule has 0 N–H and O–H groups in total. The summed E-state index contributed by atoms with van der Waals surface area (Å²) in [5, 5.41) is 0. The molecule has 0 atom stereocenters. The average Bonchev–Trinajstić information content (AvgIpc) is 2.52. The van der Waals surface area contributed by atoms with Crippen molar-refractivity contribution in [1.29, 1.82) is 0 Å². The average molecular weight is 164 g/mol. The second-order valence-corrected chi connectivity index (χ2v) is 1.91. The molecule has 62 valence electrons. The van der Waals surface area contributed by atoms with Gasteiger partial charge in [0.15, 0.2) is 6.40 Å². The molecule has 0 spiro atoms. The van der Waals surface area contributed by atoms with Crippen LogP contribution in [0.1, 0.15) is 6.92 Å². The van der Waals surface area contributed by atoms with E-state index in [-0.39, 0.29) is 0 Å². The summed E-state index contributed by atoms with van der Waals surface area (Å²) < 4.78 is 9.76. The van der Waals surface area contributed by atoms with Crippen LogP contribution in [0, 0.1) is 6.57 Å². The summed E-state index contributed by atoms with van der Waals surface area (Å²) >= 11 is 0. The molecule has 0 saturated heterocycles. The highest BCUT2D eigenvalue weighted by Gasteiger charge is 2.01. The fourth-order valence-corrected chi connectivity index (χ4v) is 0.636. The van der Waals surface area contributed by atoms with Gasteiger partial charge in [-0.05, 0) is 13.0 Å². The zero-order valence-electron chi connectivity index (χ0n) is 6.65. The number of nitrogens with zero attached hydrogens (tertiary/aromatic N) is 2. The lowest BCUT2D eigenvalue weighted by Crippen LogP contribution is -1.82. The monoisotopic (exact) mass is 164 g/mol. The normalized spacial score (nSPS) is 10.0. The number of aliphatic imine (C=N–C) groups is 1. The smallest absolute Gasteiger partial charge is 0.250 e. The van der Waals surface area contributed by atoms with E-state index in [0.717, 1.165) is 0 Å². The van der Waals surface area contributed by atoms with Gasteiger partial charge < -0.3 is 9.15 Å². The van der Waals surface area contributed by atoms with Gasteiger partial charge in [-0.25, -0.2) is 4.85 Å². The predicted octanol–water partition coefficient (Wildman–Crippen LogP) is 2.53. The van der Waals surface area contributed by atoms with E-state index in [2.05, 4.69) is 9.84 Å². The maximum atomic E-state index is 6.73. The van der Waals surface area contributed by atoms with E-state index >= 15 is 0 Å². The quantitative estimate of drug-likeness (QED) is 0.391. The van der Waals surface area contributed by atoms with Crippen molar-refractivity contribution in [3.05, 3.63) is 23.7 Å². The molecule has 1 aromatic rings. The number of ether oxygens (including phenoxy) is 1. The van der Waals surface area contributed by atoms with E-state index in [1.807, 2.05) is 6.92 Å². The van der Waals surface area contributed by atoms with Gasteiger partial charge >= 0.3 is 0 Å². The van der Waals surface area contributed by atoms with Crippen LogP contribution in [0.2, 0.25) is 0 Å². The van der Waals surface area contributed by atoms with Crippen molar-refractivity contribution in [2.75, 3.05) is 6.61 Å². The minimum Gasteiger partial charge on any atom is -0.483 e. The number of hydrogen-bond donors (Lipinski definition) is 0. The molecule has 0 amide bonds. The predicted molar refractivity (Wildman–Crippen MR) is 44.7 cm³/mol. The topological polar surface area (TPSA) is 39.1 Å². The first-order valence-corrected chi connectivity index (χ1v) is 3.47. The lowest BCUT2D eigenvalue weighted by atomic mass is 10.5. The Morgan fingerprint density at radius 3 is 3.33 bits per heavy atom. The maximum Gasteiger partial charge on any atom is 0.250 e. The van der Waals surface area contributed by atoms with E-state index in [0.29, 0.717) is 18.2 Å². The maximum absolute atomic E-state index is 6.73. The molecule has 0 aliphatic heterocycles. The third-order valence-electron chi connectivity index (χ3n) is 1.16. The van der Waals surface area contributed by atoms with Crippen molar-refractivity contribution in [2.45, 2.75) is 6.92 Å². The van der Waals surface area contributed by atoms with Crippen LogP contribution in [0.4, 0.5) is 11.6 Å². The Hall–Kier alpha value is -1.76. The standard InChI is InChI=1S/C8H8N2O2/c1-3-11-6-10-8-7(9-2)4-5-12-8/h4-6H,3H2,1H3. The minimum atomic E-state index is 0.290. The molecule has 0 aliphatic rings. The van der Waals surface area contributed by atoms with Crippen LogP contribution in [-0.2, 0) is 4.74 Å². The van der Waals surface area contributed by atoms with Crippen LogP contribution in [0.3, 0.4) is 0 Å². The number of furan rings is 1. The Morgan fingerprint density at radius 2 is 2.67 bits per heavy atom. The van der Waals surface area contributed by atoms with Gasteiger partial charge in [0.1, 0.15) is 0 Å². The van der Waals surface area contributed by atoms with Crippen LogP contribution < -0.4 is 0 Å². The lowest BCUT2D eigenvalue weighted by Gasteiger charge is -1.90. The molecule has 0 saturated carbocycles. The summed E-state index contributed by atoms with van der Waals surface area (Å²) in [5.74, 6) is 0.290. The highest BCUT2D eigenvalue weighted by Crippen LogP contribution is 2.28. The first-order valence-electron chi connectivity index (χ1n) is 3.47. The molecule has 0 radical (unpaired) electrons. The lowest BCUT2D eigenvalue weighted by molar-refractivity contribution is 0.343. The summed E-state index contributed by atoms with van der Waals surface area (Å²) in [6.07, 6.45) is 2.69. The molecule has 12 heavy (non-hydrogen) atoms. The van der Waals surface area contributed by atoms with Crippen molar-refractivity contribution >= 4 is 18.0 Å². The van der Waals surface area contributed by atoms with Crippen molar-refractivity contribution in [3.8, 4) is 0 Å². The molecule has 0 bridgehead atoms. The van der Waals surface area contributed by atoms with Crippen LogP contribution in [-0.4, -0.2) is 13.0 Å². The van der Waals surface area contributed by atoms with E-state index in [9.17, 15) is 0 Å². The summed E-state index contributed by atoms with van der Waals surface area (Å²) in [6.45, 7) is 9.14. The molecule has 1 rings (SSSR count). The minimum absolute atomic E-state index is 0.290. The SMILES string of the molecule is [C-]#[N+]c1ccoc1N=COCC. The van der Waals surface area contributed by atoms with Gasteiger partial charge in [-0.15, -0.1) is 0 Å². The Morgan fingerprint density at radius 1 is 1.83 bits per heavy atom. The Bertz CT molecular complexity index is 309. The third kappa shape index (κ3) is 1.86.